The minimum atomic E-state index is -0.576. The number of ether oxygens (including phenoxy) is 1. The molecule has 1 aliphatic heterocycles. The molecule has 0 radical (unpaired) electrons. The van der Waals surface area contributed by atoms with Crippen LogP contribution in [0.2, 0.25) is 0 Å². The van der Waals surface area contributed by atoms with Crippen LogP contribution in [0, 0.1) is 0 Å². The van der Waals surface area contributed by atoms with Gasteiger partial charge in [-0.05, 0) is 49.6 Å². The first-order valence-corrected chi connectivity index (χ1v) is 11.4. The number of hydrogen-bond donors (Lipinski definition) is 0. The summed E-state index contributed by atoms with van der Waals surface area (Å²) < 4.78 is 13.0. The van der Waals surface area contributed by atoms with Gasteiger partial charge in [0.1, 0.15) is 11.3 Å². The summed E-state index contributed by atoms with van der Waals surface area (Å²) in [6.07, 6.45) is 7.92. The van der Waals surface area contributed by atoms with Gasteiger partial charge in [0.15, 0.2) is 12.4 Å². The molecule has 172 valence electrons. The Morgan fingerprint density at radius 3 is 2.56 bits per heavy atom. The van der Waals surface area contributed by atoms with Gasteiger partial charge in [0, 0.05) is 36.3 Å². The second-order valence-corrected chi connectivity index (χ2v) is 8.24. The Kier molecular flexibility index (Phi) is 6.25. The zero-order valence-corrected chi connectivity index (χ0v) is 18.7. The van der Waals surface area contributed by atoms with Gasteiger partial charge in [-0.1, -0.05) is 36.4 Å². The van der Waals surface area contributed by atoms with Crippen LogP contribution < -0.4 is 0 Å². The van der Waals surface area contributed by atoms with Crippen LogP contribution in [0.25, 0.3) is 34.2 Å². The van der Waals surface area contributed by atoms with Crippen molar-refractivity contribution in [3.8, 4) is 17.1 Å². The Bertz CT molecular complexity index is 1300. The third-order valence-corrected chi connectivity index (χ3v) is 5.87. The number of fused-ring (bicyclic) bond motifs is 1. The van der Waals surface area contributed by atoms with Crippen molar-refractivity contribution in [2.75, 3.05) is 19.7 Å². The Balaban J connectivity index is 1.37. The van der Waals surface area contributed by atoms with Crippen LogP contribution >= 0.6 is 0 Å². The van der Waals surface area contributed by atoms with Crippen molar-refractivity contribution >= 4 is 28.9 Å². The highest BCUT2D eigenvalue weighted by atomic mass is 16.5. The molecule has 0 unspecified atom stereocenters. The van der Waals surface area contributed by atoms with E-state index in [-0.39, 0.29) is 12.5 Å². The molecule has 1 amide bonds. The van der Waals surface area contributed by atoms with Gasteiger partial charge in [0.25, 0.3) is 5.91 Å². The topological polar surface area (TPSA) is 77.6 Å². The maximum atomic E-state index is 12.3. The van der Waals surface area contributed by atoms with E-state index in [1.54, 1.807) is 15.7 Å². The third kappa shape index (κ3) is 4.78. The first-order valence-electron chi connectivity index (χ1n) is 11.4. The number of rotatable bonds is 6. The van der Waals surface area contributed by atoms with Gasteiger partial charge >= 0.3 is 5.97 Å². The molecular weight excluding hydrogens is 430 g/mol. The molecule has 4 aromatic rings. The SMILES string of the molecule is O=C(C=Cc1cn(-c2ccccc2)nc1-c1cc2ccccc2o1)OCC(=O)N1CCCCC1. The number of para-hydroxylation sites is 2. The van der Waals surface area contributed by atoms with Gasteiger partial charge in [0.05, 0.1) is 5.69 Å². The fourth-order valence-corrected chi connectivity index (χ4v) is 4.09. The second kappa shape index (κ2) is 9.79. The van der Waals surface area contributed by atoms with Crippen LogP contribution in [0.15, 0.2) is 77.4 Å². The number of aromatic nitrogens is 2. The predicted molar refractivity (Wildman–Crippen MR) is 129 cm³/mol. The lowest BCUT2D eigenvalue weighted by Gasteiger charge is -2.26. The van der Waals surface area contributed by atoms with E-state index in [9.17, 15) is 9.59 Å². The number of hydrogen-bond acceptors (Lipinski definition) is 5. The maximum Gasteiger partial charge on any atom is 0.331 e. The first-order chi connectivity index (χ1) is 16.7. The van der Waals surface area contributed by atoms with Gasteiger partial charge in [-0.15, -0.1) is 0 Å². The van der Waals surface area contributed by atoms with Gasteiger partial charge in [-0.2, -0.15) is 5.10 Å². The van der Waals surface area contributed by atoms with E-state index < -0.39 is 5.97 Å². The number of esters is 1. The van der Waals surface area contributed by atoms with E-state index in [1.165, 1.54) is 6.08 Å². The summed E-state index contributed by atoms with van der Waals surface area (Å²) >= 11 is 0. The van der Waals surface area contributed by atoms with E-state index in [0.717, 1.165) is 49.0 Å². The highest BCUT2D eigenvalue weighted by Gasteiger charge is 2.18. The second-order valence-electron chi connectivity index (χ2n) is 8.24. The molecule has 0 atom stereocenters. The van der Waals surface area contributed by atoms with Crippen molar-refractivity contribution in [1.29, 1.82) is 0 Å². The van der Waals surface area contributed by atoms with Crippen molar-refractivity contribution < 1.29 is 18.7 Å². The number of amides is 1. The lowest BCUT2D eigenvalue weighted by Crippen LogP contribution is -2.38. The monoisotopic (exact) mass is 455 g/mol. The minimum absolute atomic E-state index is 0.152. The summed E-state index contributed by atoms with van der Waals surface area (Å²) in [6, 6.07) is 19.4. The summed E-state index contributed by atoms with van der Waals surface area (Å²) in [5.41, 5.74) is 2.95. The molecule has 0 saturated carbocycles. The molecule has 7 heteroatoms. The fraction of sp³-hybridized carbons (Fsp3) is 0.222. The highest BCUT2D eigenvalue weighted by molar-refractivity contribution is 5.91. The molecule has 0 bridgehead atoms. The fourth-order valence-electron chi connectivity index (χ4n) is 4.09. The minimum Gasteiger partial charge on any atom is -0.454 e. The van der Waals surface area contributed by atoms with Crippen molar-refractivity contribution in [1.82, 2.24) is 14.7 Å². The number of carbonyl (C=O) groups is 2. The number of nitrogens with zero attached hydrogens (tertiary/aromatic N) is 3. The van der Waals surface area contributed by atoms with Crippen molar-refractivity contribution in [2.24, 2.45) is 0 Å². The standard InChI is InChI=1S/C27H25N3O4/c31-25(29-15-7-2-8-16-29)19-33-26(32)14-13-21-18-30(22-10-3-1-4-11-22)28-27(21)24-17-20-9-5-6-12-23(20)34-24/h1,3-6,9-14,17-18H,2,7-8,15-16,19H2. The van der Waals surface area contributed by atoms with Crippen molar-refractivity contribution in [3.05, 3.63) is 78.5 Å². The molecule has 2 aromatic heterocycles. The molecule has 7 nitrogen and oxygen atoms in total. The summed E-state index contributed by atoms with van der Waals surface area (Å²) in [7, 11) is 0. The summed E-state index contributed by atoms with van der Waals surface area (Å²) in [5.74, 6) is -0.126. The summed E-state index contributed by atoms with van der Waals surface area (Å²) in [4.78, 5) is 26.4. The van der Waals surface area contributed by atoms with Crippen molar-refractivity contribution in [3.63, 3.8) is 0 Å². The summed E-state index contributed by atoms with van der Waals surface area (Å²) in [5, 5.41) is 5.69. The smallest absolute Gasteiger partial charge is 0.331 e. The van der Waals surface area contributed by atoms with E-state index in [2.05, 4.69) is 0 Å². The van der Waals surface area contributed by atoms with Gasteiger partial charge in [0.2, 0.25) is 0 Å². The average molecular weight is 456 g/mol. The predicted octanol–water partition coefficient (Wildman–Crippen LogP) is 4.85. The molecule has 34 heavy (non-hydrogen) atoms. The molecule has 1 aliphatic rings. The van der Waals surface area contributed by atoms with Crippen LogP contribution in [-0.4, -0.2) is 46.3 Å². The van der Waals surface area contributed by atoms with E-state index >= 15 is 0 Å². The number of furan rings is 1. The van der Waals surface area contributed by atoms with Crippen molar-refractivity contribution in [2.45, 2.75) is 19.3 Å². The van der Waals surface area contributed by atoms with E-state index in [1.807, 2.05) is 66.9 Å². The third-order valence-electron chi connectivity index (χ3n) is 5.87. The largest absolute Gasteiger partial charge is 0.454 e. The zero-order valence-electron chi connectivity index (χ0n) is 18.7. The number of benzene rings is 2. The average Bonchev–Trinajstić information content (AvgIpc) is 3.51. The molecule has 0 aliphatic carbocycles. The molecule has 1 fully saturated rings. The summed E-state index contributed by atoms with van der Waals surface area (Å²) in [6.45, 7) is 1.21. The zero-order chi connectivity index (χ0) is 23.3. The van der Waals surface area contributed by atoms with Gasteiger partial charge < -0.3 is 14.1 Å². The van der Waals surface area contributed by atoms with Crippen LogP contribution in [0.5, 0.6) is 0 Å². The molecule has 5 rings (SSSR count). The van der Waals surface area contributed by atoms with Crippen LogP contribution in [-0.2, 0) is 14.3 Å². The van der Waals surface area contributed by atoms with E-state index in [4.69, 9.17) is 14.3 Å². The molecule has 0 spiro atoms. The Morgan fingerprint density at radius 2 is 1.76 bits per heavy atom. The lowest BCUT2D eigenvalue weighted by molar-refractivity contribution is -0.148. The van der Waals surface area contributed by atoms with Gasteiger partial charge in [-0.25, -0.2) is 9.48 Å². The van der Waals surface area contributed by atoms with Gasteiger partial charge in [-0.3, -0.25) is 4.79 Å². The molecule has 0 N–H and O–H groups in total. The molecular formula is C27H25N3O4. The lowest BCUT2D eigenvalue weighted by atomic mass is 10.1. The quantitative estimate of drug-likeness (QED) is 0.307. The molecule has 3 heterocycles. The Labute approximate surface area is 197 Å². The Hall–Kier alpha value is -4.13. The van der Waals surface area contributed by atoms with Crippen LogP contribution in [0.3, 0.4) is 0 Å². The number of carbonyl (C=O) groups excluding carboxylic acids is 2. The Morgan fingerprint density at radius 1 is 1.00 bits per heavy atom. The van der Waals surface area contributed by atoms with Crippen LogP contribution in [0.1, 0.15) is 24.8 Å². The number of likely N-dealkylation sites (tertiary alicyclic amines) is 1. The molecule has 2 aromatic carbocycles. The maximum absolute atomic E-state index is 12.3. The number of piperidine rings is 1. The molecule has 1 saturated heterocycles. The first kappa shape index (κ1) is 21.7. The highest BCUT2D eigenvalue weighted by Crippen LogP contribution is 2.30. The van der Waals surface area contributed by atoms with E-state index in [0.29, 0.717) is 17.0 Å². The normalized spacial score (nSPS) is 14.1. The van der Waals surface area contributed by atoms with Crippen LogP contribution in [0.4, 0.5) is 0 Å².